The van der Waals surface area contributed by atoms with Crippen LogP contribution in [0.4, 0.5) is 5.13 Å². The van der Waals surface area contributed by atoms with E-state index in [1.54, 1.807) is 22.9 Å². The van der Waals surface area contributed by atoms with Crippen molar-refractivity contribution in [3.63, 3.8) is 0 Å². The quantitative estimate of drug-likeness (QED) is 0.703. The van der Waals surface area contributed by atoms with Gasteiger partial charge in [0.1, 0.15) is 5.51 Å². The largest absolute Gasteiger partial charge is 0.297 e. The van der Waals surface area contributed by atoms with Crippen molar-refractivity contribution in [2.24, 2.45) is 0 Å². The average Bonchev–Trinajstić information content (AvgIpc) is 3.17. The van der Waals surface area contributed by atoms with Crippen LogP contribution in [-0.2, 0) is 4.79 Å². The highest BCUT2D eigenvalue weighted by molar-refractivity contribution is 7.16. The molecule has 1 aromatic carbocycles. The highest BCUT2D eigenvalue weighted by Crippen LogP contribution is 2.29. The SMILES string of the molecule is O=C(C=Cc1ccc(-c2ccc(Cl)cc2)s1)Nc1nncs1. The molecule has 0 saturated heterocycles. The minimum Gasteiger partial charge on any atom is -0.297 e. The number of carbonyl (C=O) groups is 1. The number of nitrogens with one attached hydrogen (secondary N) is 1. The van der Waals surface area contributed by atoms with Crippen LogP contribution in [0.3, 0.4) is 0 Å². The molecule has 1 amide bonds. The lowest BCUT2D eigenvalue weighted by Crippen LogP contribution is -2.07. The molecule has 0 atom stereocenters. The van der Waals surface area contributed by atoms with Gasteiger partial charge in [0, 0.05) is 20.9 Å². The van der Waals surface area contributed by atoms with Crippen LogP contribution in [0, 0.1) is 0 Å². The lowest BCUT2D eigenvalue weighted by molar-refractivity contribution is -0.111. The van der Waals surface area contributed by atoms with Crippen molar-refractivity contribution in [3.8, 4) is 10.4 Å². The Kier molecular flexibility index (Phi) is 4.62. The first kappa shape index (κ1) is 14.9. The van der Waals surface area contributed by atoms with E-state index in [-0.39, 0.29) is 5.91 Å². The minimum atomic E-state index is -0.224. The third-order valence-corrected chi connectivity index (χ3v) is 4.70. The summed E-state index contributed by atoms with van der Waals surface area (Å²) in [6.45, 7) is 0. The topological polar surface area (TPSA) is 54.9 Å². The fourth-order valence-electron chi connectivity index (χ4n) is 1.74. The Labute approximate surface area is 140 Å². The highest BCUT2D eigenvalue weighted by atomic mass is 35.5. The summed E-state index contributed by atoms with van der Waals surface area (Å²) in [5.74, 6) is -0.224. The Morgan fingerprint density at radius 3 is 2.73 bits per heavy atom. The van der Waals surface area contributed by atoms with E-state index < -0.39 is 0 Å². The highest BCUT2D eigenvalue weighted by Gasteiger charge is 2.03. The summed E-state index contributed by atoms with van der Waals surface area (Å²) in [5.41, 5.74) is 2.67. The second-order valence-electron chi connectivity index (χ2n) is 4.28. The Bertz CT molecular complexity index is 795. The first-order valence-electron chi connectivity index (χ1n) is 6.32. The zero-order valence-corrected chi connectivity index (χ0v) is 13.6. The molecule has 0 saturated carbocycles. The number of rotatable bonds is 4. The van der Waals surface area contributed by atoms with Crippen LogP contribution in [0.15, 0.2) is 48.0 Å². The number of halogens is 1. The van der Waals surface area contributed by atoms with Crippen molar-refractivity contribution in [1.82, 2.24) is 10.2 Å². The molecule has 7 heteroatoms. The zero-order valence-electron chi connectivity index (χ0n) is 11.2. The molecule has 0 fully saturated rings. The molecule has 22 heavy (non-hydrogen) atoms. The van der Waals surface area contributed by atoms with Crippen LogP contribution in [-0.4, -0.2) is 16.1 Å². The Balaban J connectivity index is 1.67. The Hall–Kier alpha value is -2.02. The summed E-state index contributed by atoms with van der Waals surface area (Å²) in [7, 11) is 0. The maximum atomic E-state index is 11.7. The van der Waals surface area contributed by atoms with E-state index in [4.69, 9.17) is 11.6 Å². The summed E-state index contributed by atoms with van der Waals surface area (Å²) in [5, 5.41) is 11.3. The summed E-state index contributed by atoms with van der Waals surface area (Å²) in [6, 6.07) is 11.7. The number of aromatic nitrogens is 2. The third kappa shape index (κ3) is 3.79. The second kappa shape index (κ2) is 6.83. The van der Waals surface area contributed by atoms with Crippen LogP contribution >= 0.6 is 34.3 Å². The summed E-state index contributed by atoms with van der Waals surface area (Å²) in [6.07, 6.45) is 3.26. The zero-order chi connectivity index (χ0) is 15.4. The van der Waals surface area contributed by atoms with Crippen LogP contribution in [0.5, 0.6) is 0 Å². The fourth-order valence-corrected chi connectivity index (χ4v) is 3.23. The molecule has 4 nitrogen and oxygen atoms in total. The van der Waals surface area contributed by atoms with E-state index >= 15 is 0 Å². The predicted octanol–water partition coefficient (Wildman–Crippen LogP) is 4.57. The van der Waals surface area contributed by atoms with E-state index in [1.807, 2.05) is 36.4 Å². The van der Waals surface area contributed by atoms with Crippen LogP contribution < -0.4 is 5.32 Å². The molecular formula is C15H10ClN3OS2. The Morgan fingerprint density at radius 1 is 1.18 bits per heavy atom. The van der Waals surface area contributed by atoms with Crippen molar-refractivity contribution in [2.75, 3.05) is 5.32 Å². The van der Waals surface area contributed by atoms with E-state index in [0.29, 0.717) is 10.2 Å². The van der Waals surface area contributed by atoms with Gasteiger partial charge in [-0.3, -0.25) is 10.1 Å². The van der Waals surface area contributed by atoms with E-state index in [1.165, 1.54) is 17.4 Å². The van der Waals surface area contributed by atoms with Crippen molar-refractivity contribution < 1.29 is 4.79 Å². The molecule has 0 aliphatic rings. The molecule has 2 heterocycles. The first-order chi connectivity index (χ1) is 10.7. The van der Waals surface area contributed by atoms with E-state index in [2.05, 4.69) is 15.5 Å². The third-order valence-electron chi connectivity index (χ3n) is 2.74. The lowest BCUT2D eigenvalue weighted by atomic mass is 10.2. The molecule has 1 N–H and O–H groups in total. The molecular weight excluding hydrogens is 338 g/mol. The van der Waals surface area contributed by atoms with Gasteiger partial charge < -0.3 is 0 Å². The van der Waals surface area contributed by atoms with Gasteiger partial charge in [-0.15, -0.1) is 21.5 Å². The lowest BCUT2D eigenvalue weighted by Gasteiger charge is -1.96. The van der Waals surface area contributed by atoms with Crippen molar-refractivity contribution >= 4 is 51.4 Å². The van der Waals surface area contributed by atoms with Gasteiger partial charge >= 0.3 is 0 Å². The number of thiophene rings is 1. The van der Waals surface area contributed by atoms with E-state index in [9.17, 15) is 4.79 Å². The summed E-state index contributed by atoms with van der Waals surface area (Å²) >= 11 is 8.77. The first-order valence-corrected chi connectivity index (χ1v) is 8.39. The van der Waals surface area contributed by atoms with Crippen molar-refractivity contribution in [3.05, 3.63) is 57.9 Å². The number of hydrogen-bond acceptors (Lipinski definition) is 5. The van der Waals surface area contributed by atoms with Gasteiger partial charge in [0.2, 0.25) is 11.0 Å². The molecule has 0 aliphatic heterocycles. The molecule has 3 aromatic rings. The van der Waals surface area contributed by atoms with Gasteiger partial charge in [-0.1, -0.05) is 35.1 Å². The monoisotopic (exact) mass is 347 g/mol. The molecule has 110 valence electrons. The molecule has 3 rings (SSSR count). The Morgan fingerprint density at radius 2 is 2.00 bits per heavy atom. The van der Waals surface area contributed by atoms with Gasteiger partial charge in [-0.2, -0.15) is 0 Å². The van der Waals surface area contributed by atoms with E-state index in [0.717, 1.165) is 15.3 Å². The van der Waals surface area contributed by atoms with Crippen LogP contribution in [0.25, 0.3) is 16.5 Å². The smallest absolute Gasteiger partial charge is 0.250 e. The molecule has 2 aromatic heterocycles. The number of nitrogens with zero attached hydrogens (tertiary/aromatic N) is 2. The second-order valence-corrected chi connectivity index (χ2v) is 6.66. The average molecular weight is 348 g/mol. The maximum absolute atomic E-state index is 11.7. The summed E-state index contributed by atoms with van der Waals surface area (Å²) in [4.78, 5) is 13.9. The number of benzene rings is 1. The number of carbonyl (C=O) groups excluding carboxylic acids is 1. The fraction of sp³-hybridized carbons (Fsp3) is 0. The van der Waals surface area contributed by atoms with Gasteiger partial charge in [0.15, 0.2) is 0 Å². The molecule has 0 unspecified atom stereocenters. The van der Waals surface area contributed by atoms with Crippen molar-refractivity contribution in [2.45, 2.75) is 0 Å². The normalized spacial score (nSPS) is 11.0. The van der Waals surface area contributed by atoms with Gasteiger partial charge in [0.05, 0.1) is 0 Å². The number of anilines is 1. The van der Waals surface area contributed by atoms with Gasteiger partial charge in [-0.05, 0) is 35.9 Å². The number of amides is 1. The van der Waals surface area contributed by atoms with Crippen LogP contribution in [0.1, 0.15) is 4.88 Å². The van der Waals surface area contributed by atoms with Crippen molar-refractivity contribution in [1.29, 1.82) is 0 Å². The summed E-state index contributed by atoms with van der Waals surface area (Å²) < 4.78 is 0. The predicted molar refractivity (Wildman–Crippen MR) is 92.3 cm³/mol. The van der Waals surface area contributed by atoms with Gasteiger partial charge in [0.25, 0.3) is 0 Å². The standard InChI is InChI=1S/C15H10ClN3OS2/c16-11-3-1-10(2-4-11)13-7-5-12(22-13)6-8-14(20)18-15-19-17-9-21-15/h1-9H,(H,18,19,20). The molecule has 0 bridgehead atoms. The number of hydrogen-bond donors (Lipinski definition) is 1. The van der Waals surface area contributed by atoms with Crippen LogP contribution in [0.2, 0.25) is 5.02 Å². The minimum absolute atomic E-state index is 0.224. The molecule has 0 aliphatic carbocycles. The van der Waals surface area contributed by atoms with Gasteiger partial charge in [-0.25, -0.2) is 0 Å². The maximum Gasteiger partial charge on any atom is 0.250 e. The molecule has 0 radical (unpaired) electrons. The molecule has 0 spiro atoms.